The minimum absolute atomic E-state index is 0.0848. The highest BCUT2D eigenvalue weighted by molar-refractivity contribution is 7.47. The van der Waals surface area contributed by atoms with E-state index in [-0.39, 0.29) is 25.7 Å². The Morgan fingerprint density at radius 2 is 0.648 bits per heavy atom. The summed E-state index contributed by atoms with van der Waals surface area (Å²) in [5, 5.41) is 10.6. The van der Waals surface area contributed by atoms with Crippen molar-refractivity contribution in [3.63, 3.8) is 0 Å². The van der Waals surface area contributed by atoms with Gasteiger partial charge in [0.25, 0.3) is 0 Å². The van der Waals surface area contributed by atoms with Crippen molar-refractivity contribution in [2.45, 2.75) is 362 Å². The Morgan fingerprint density at radius 1 is 0.363 bits per heavy atom. The molecule has 91 heavy (non-hydrogen) atoms. The van der Waals surface area contributed by atoms with Crippen molar-refractivity contribution in [1.29, 1.82) is 0 Å². The van der Waals surface area contributed by atoms with Crippen molar-refractivity contribution in [2.24, 2.45) is 11.8 Å². The van der Waals surface area contributed by atoms with Gasteiger partial charge in [0.2, 0.25) is 0 Å². The molecule has 0 saturated heterocycles. The zero-order valence-corrected chi connectivity index (χ0v) is 60.4. The minimum atomic E-state index is -4.96. The minimum Gasteiger partial charge on any atom is -0.462 e. The first-order valence-corrected chi connectivity index (χ1v) is 39.8. The van der Waals surface area contributed by atoms with Gasteiger partial charge in [-0.25, -0.2) is 9.13 Å². The highest BCUT2D eigenvalue weighted by atomic mass is 31.2. The molecule has 0 bridgehead atoms. The van der Waals surface area contributed by atoms with Crippen LogP contribution < -0.4 is 0 Å². The smallest absolute Gasteiger partial charge is 0.462 e. The second-order valence-electron chi connectivity index (χ2n) is 26.0. The van der Waals surface area contributed by atoms with E-state index in [1.54, 1.807) is 0 Å². The maximum Gasteiger partial charge on any atom is 0.472 e. The number of esters is 4. The van der Waals surface area contributed by atoms with Crippen LogP contribution in [0.3, 0.4) is 0 Å². The second-order valence-corrected chi connectivity index (χ2v) is 28.9. The lowest BCUT2D eigenvalue weighted by molar-refractivity contribution is -0.161. The number of hydrogen-bond acceptors (Lipinski definition) is 15. The fraction of sp³-hybridized carbons (Fsp3) is 0.889. The van der Waals surface area contributed by atoms with Crippen LogP contribution in [0.2, 0.25) is 0 Å². The average molecular weight is 1340 g/mol. The van der Waals surface area contributed by atoms with Gasteiger partial charge in [-0.1, -0.05) is 291 Å². The van der Waals surface area contributed by atoms with E-state index in [1.165, 1.54) is 141 Å². The van der Waals surface area contributed by atoms with Gasteiger partial charge >= 0.3 is 39.5 Å². The lowest BCUT2D eigenvalue weighted by atomic mass is 9.99. The van der Waals surface area contributed by atoms with Crippen LogP contribution in [0, 0.1) is 11.8 Å². The number of aliphatic hydroxyl groups is 1. The van der Waals surface area contributed by atoms with Gasteiger partial charge in [0.15, 0.2) is 12.2 Å². The van der Waals surface area contributed by atoms with Crippen molar-refractivity contribution in [3.05, 3.63) is 24.3 Å². The quantitative estimate of drug-likeness (QED) is 0.0169. The maximum absolute atomic E-state index is 13.0. The lowest BCUT2D eigenvalue weighted by Crippen LogP contribution is -2.30. The van der Waals surface area contributed by atoms with E-state index in [4.69, 9.17) is 37.0 Å². The number of allylic oxidation sites excluding steroid dienone is 4. The monoisotopic (exact) mass is 1330 g/mol. The summed E-state index contributed by atoms with van der Waals surface area (Å²) in [7, 11) is -9.91. The fourth-order valence-corrected chi connectivity index (χ4v) is 12.0. The number of carbonyl (C=O) groups is 4. The summed E-state index contributed by atoms with van der Waals surface area (Å²) < 4.78 is 68.3. The molecule has 17 nitrogen and oxygen atoms in total. The number of phosphoric acid groups is 2. The third-order valence-electron chi connectivity index (χ3n) is 16.4. The van der Waals surface area contributed by atoms with E-state index in [9.17, 15) is 43.2 Å². The second kappa shape index (κ2) is 63.6. The van der Waals surface area contributed by atoms with Crippen LogP contribution in [-0.4, -0.2) is 96.7 Å². The molecule has 6 atom stereocenters. The lowest BCUT2D eigenvalue weighted by Gasteiger charge is -2.21. The predicted octanol–water partition coefficient (Wildman–Crippen LogP) is 20.3. The van der Waals surface area contributed by atoms with Gasteiger partial charge < -0.3 is 33.8 Å². The summed E-state index contributed by atoms with van der Waals surface area (Å²) >= 11 is 0. The molecule has 0 fully saturated rings. The number of rotatable bonds is 69. The van der Waals surface area contributed by atoms with Crippen LogP contribution >= 0.6 is 15.6 Å². The van der Waals surface area contributed by atoms with Crippen LogP contribution in [0.5, 0.6) is 0 Å². The zero-order chi connectivity index (χ0) is 67.2. The van der Waals surface area contributed by atoms with Crippen molar-refractivity contribution in [3.8, 4) is 0 Å². The standard InChI is InChI=1S/C72H136O17P2/c1-7-10-12-14-16-18-19-20-21-22-25-32-38-44-50-56-71(76)89-68(61-83-70(75)55-49-43-37-31-26-23-24-29-34-40-46-52-64(4)5)63-87-91(80,81)85-59-66(73)58-84-90(78,79)86-62-67(60-82-69(74)54-48-42-36-17-15-13-11-8-2)88-72(77)57-51-45-39-33-28-27-30-35-41-47-53-65(6)9-3/h18-21,64-68,73H,7-17,22-63H2,1-6H3,(H,78,79)(H,80,81)/b19-18-,21-20-/t65?,66-,67+,68+/m0/s1. The summed E-state index contributed by atoms with van der Waals surface area (Å²) in [5.41, 5.74) is 0. The molecule has 0 spiro atoms. The first-order valence-electron chi connectivity index (χ1n) is 36.8. The largest absolute Gasteiger partial charge is 0.472 e. The third-order valence-corrected chi connectivity index (χ3v) is 18.3. The predicted molar refractivity (Wildman–Crippen MR) is 367 cm³/mol. The Kier molecular flexibility index (Phi) is 61.9. The average Bonchev–Trinajstić information content (AvgIpc) is 3.55. The molecule has 3 unspecified atom stereocenters. The van der Waals surface area contributed by atoms with Crippen molar-refractivity contribution in [1.82, 2.24) is 0 Å². The van der Waals surface area contributed by atoms with E-state index in [0.717, 1.165) is 121 Å². The molecular weight excluding hydrogens is 1200 g/mol. The summed E-state index contributed by atoms with van der Waals surface area (Å²) in [6.45, 7) is 9.50. The molecule has 3 N–H and O–H groups in total. The number of unbranched alkanes of at least 4 members (excludes halogenated alkanes) is 35. The third kappa shape index (κ3) is 64.6. The summed E-state index contributed by atoms with van der Waals surface area (Å²) in [6.07, 6.45) is 52.1. The van der Waals surface area contributed by atoms with Crippen LogP contribution in [0.4, 0.5) is 0 Å². The molecule has 0 saturated carbocycles. The molecular formula is C72H136O17P2. The number of carbonyl (C=O) groups excluding carboxylic acids is 4. The van der Waals surface area contributed by atoms with Crippen LogP contribution in [0.1, 0.15) is 343 Å². The molecule has 0 radical (unpaired) electrons. The van der Waals surface area contributed by atoms with Gasteiger partial charge in [-0.3, -0.25) is 37.3 Å². The fourth-order valence-electron chi connectivity index (χ4n) is 10.4. The maximum atomic E-state index is 13.0. The van der Waals surface area contributed by atoms with Gasteiger partial charge in [0.1, 0.15) is 19.3 Å². The van der Waals surface area contributed by atoms with E-state index in [2.05, 4.69) is 65.8 Å². The molecule has 0 aliphatic heterocycles. The van der Waals surface area contributed by atoms with Crippen molar-refractivity contribution in [2.75, 3.05) is 39.6 Å². The highest BCUT2D eigenvalue weighted by Gasteiger charge is 2.30. The van der Waals surface area contributed by atoms with Crippen LogP contribution in [0.15, 0.2) is 24.3 Å². The summed E-state index contributed by atoms with van der Waals surface area (Å²) in [4.78, 5) is 72.5. The summed E-state index contributed by atoms with van der Waals surface area (Å²) in [5.74, 6) is -0.584. The SMILES string of the molecule is CCCCCC/C=C\C=C/CCCCCCCC(=O)O[C@H](COC(=O)CCCCCCCCCCCCCC(C)C)COP(=O)(O)OC[C@@H](O)COP(=O)(O)OC[C@@H](COC(=O)CCCCCCCCCC)OC(=O)CCCCCCCCCCCCC(C)CC. The van der Waals surface area contributed by atoms with Crippen molar-refractivity contribution < 1.29 is 80.2 Å². The highest BCUT2D eigenvalue weighted by Crippen LogP contribution is 2.45. The zero-order valence-electron chi connectivity index (χ0n) is 58.6. The molecule has 0 aromatic heterocycles. The topological polar surface area (TPSA) is 237 Å². The van der Waals surface area contributed by atoms with Crippen LogP contribution in [-0.2, 0) is 65.4 Å². The Hall–Kier alpha value is -2.46. The Labute approximate surface area is 554 Å². The van der Waals surface area contributed by atoms with Crippen LogP contribution in [0.25, 0.3) is 0 Å². The Balaban J connectivity index is 5.27. The number of aliphatic hydroxyl groups excluding tert-OH is 1. The molecule has 0 aliphatic carbocycles. The van der Waals surface area contributed by atoms with Gasteiger partial charge in [-0.05, 0) is 63.2 Å². The number of phosphoric ester groups is 2. The van der Waals surface area contributed by atoms with Gasteiger partial charge in [-0.15, -0.1) is 0 Å². The van der Waals surface area contributed by atoms with E-state index < -0.39 is 97.5 Å². The van der Waals surface area contributed by atoms with E-state index >= 15 is 0 Å². The summed E-state index contributed by atoms with van der Waals surface area (Å²) in [6, 6.07) is 0. The first kappa shape index (κ1) is 88.5. The first-order chi connectivity index (χ1) is 43.9. The van der Waals surface area contributed by atoms with Gasteiger partial charge in [-0.2, -0.15) is 0 Å². The van der Waals surface area contributed by atoms with Gasteiger partial charge in [0.05, 0.1) is 26.4 Å². The molecule has 0 aromatic rings. The normalized spacial score (nSPS) is 14.6. The number of ether oxygens (including phenoxy) is 4. The molecule has 0 amide bonds. The van der Waals surface area contributed by atoms with Crippen molar-refractivity contribution >= 4 is 39.5 Å². The Bertz CT molecular complexity index is 1860. The van der Waals surface area contributed by atoms with Gasteiger partial charge in [0, 0.05) is 25.7 Å². The molecule has 536 valence electrons. The molecule has 0 heterocycles. The van der Waals surface area contributed by atoms with E-state index in [0.29, 0.717) is 25.7 Å². The Morgan fingerprint density at radius 3 is 0.989 bits per heavy atom. The molecule has 0 aromatic carbocycles. The molecule has 0 aliphatic rings. The molecule has 19 heteroatoms. The number of hydrogen-bond donors (Lipinski definition) is 3. The molecule has 0 rings (SSSR count). The van der Waals surface area contributed by atoms with E-state index in [1.807, 2.05) is 0 Å².